The van der Waals surface area contributed by atoms with Crippen molar-refractivity contribution < 1.29 is 15.3 Å². The lowest BCUT2D eigenvalue weighted by molar-refractivity contribution is -0.0265. The van der Waals surface area contributed by atoms with Crippen LogP contribution in [0.3, 0.4) is 0 Å². The Hall–Kier alpha value is -2.30. The number of benzene rings is 1. The number of hydrogen-bond acceptors (Lipinski definition) is 8. The molecule has 1 fully saturated rings. The number of aliphatic hydroxyl groups excluding tert-OH is 3. The highest BCUT2D eigenvalue weighted by Crippen LogP contribution is 2.43. The summed E-state index contributed by atoms with van der Waals surface area (Å²) >= 11 is 5.91. The van der Waals surface area contributed by atoms with Crippen molar-refractivity contribution in [3.8, 4) is 0 Å². The maximum atomic E-state index is 10.8. The molecule has 10 heteroatoms. The van der Waals surface area contributed by atoms with Crippen molar-refractivity contribution in [1.82, 2.24) is 19.5 Å². The van der Waals surface area contributed by atoms with Gasteiger partial charge in [-0.2, -0.15) is 0 Å². The van der Waals surface area contributed by atoms with Crippen LogP contribution in [0.5, 0.6) is 0 Å². The largest absolute Gasteiger partial charge is 0.390 e. The van der Waals surface area contributed by atoms with E-state index in [4.69, 9.17) is 17.4 Å². The van der Waals surface area contributed by atoms with Gasteiger partial charge < -0.3 is 25.3 Å². The normalized spacial score (nSPS) is 25.9. The molecule has 1 aliphatic rings. The van der Waals surface area contributed by atoms with E-state index in [-0.39, 0.29) is 0 Å². The zero-order valence-corrected chi connectivity index (χ0v) is 15.8. The smallest absolute Gasteiger partial charge is 0.171 e. The van der Waals surface area contributed by atoms with Crippen LogP contribution in [0.2, 0.25) is 5.02 Å². The van der Waals surface area contributed by atoms with Crippen molar-refractivity contribution >= 4 is 28.6 Å². The molecule has 0 bridgehead atoms. The third-order valence-corrected chi connectivity index (χ3v) is 5.69. The predicted octanol–water partition coefficient (Wildman–Crippen LogP) is 1.09. The molecule has 1 unspecified atom stereocenters. The first-order valence-corrected chi connectivity index (χ1v) is 9.26. The highest BCUT2D eigenvalue weighted by atomic mass is 35.5. The quantitative estimate of drug-likeness (QED) is 0.321. The molecule has 3 aromatic rings. The van der Waals surface area contributed by atoms with Crippen molar-refractivity contribution in [2.75, 3.05) is 5.43 Å². The lowest BCUT2D eigenvalue weighted by Crippen LogP contribution is -2.31. The highest BCUT2D eigenvalue weighted by molar-refractivity contribution is 6.30. The molecule has 0 saturated heterocycles. The Labute approximate surface area is 165 Å². The zero-order valence-electron chi connectivity index (χ0n) is 15.1. The molecule has 0 radical (unpaired) electrons. The van der Waals surface area contributed by atoms with Crippen molar-refractivity contribution in [1.29, 1.82) is 0 Å². The summed E-state index contributed by atoms with van der Waals surface area (Å²) in [6.45, 7) is 1.78. The van der Waals surface area contributed by atoms with E-state index in [2.05, 4.69) is 20.4 Å². The second-order valence-electron chi connectivity index (χ2n) is 7.01. The van der Waals surface area contributed by atoms with E-state index in [0.29, 0.717) is 39.8 Å². The first-order valence-electron chi connectivity index (χ1n) is 8.88. The average molecular weight is 405 g/mol. The van der Waals surface area contributed by atoms with Crippen LogP contribution < -0.4 is 11.3 Å². The van der Waals surface area contributed by atoms with Crippen LogP contribution in [0, 0.1) is 12.8 Å². The van der Waals surface area contributed by atoms with E-state index in [9.17, 15) is 15.3 Å². The lowest BCUT2D eigenvalue weighted by Gasteiger charge is -2.22. The molecule has 1 saturated carbocycles. The summed E-state index contributed by atoms with van der Waals surface area (Å²) in [6.07, 6.45) is -1.45. The van der Waals surface area contributed by atoms with E-state index in [1.54, 1.807) is 35.8 Å². The monoisotopic (exact) mass is 404 g/mol. The molecule has 6 N–H and O–H groups in total. The van der Waals surface area contributed by atoms with Crippen LogP contribution in [0.15, 0.2) is 30.6 Å². The number of nitrogens with one attached hydrogen (secondary N) is 1. The molecule has 148 valence electrons. The third-order valence-electron chi connectivity index (χ3n) is 5.44. The average Bonchev–Trinajstić information content (AvgIpc) is 3.17. The lowest BCUT2D eigenvalue weighted by atomic mass is 9.92. The first kappa shape index (κ1) is 19.0. The molecule has 9 nitrogen and oxygen atoms in total. The molecule has 0 spiro atoms. The molecule has 1 aliphatic carbocycles. The molecule has 0 aliphatic heterocycles. The summed E-state index contributed by atoms with van der Waals surface area (Å²) in [5.41, 5.74) is 4.09. The number of aryl methyl sites for hydroxylation is 1. The molecule has 0 amide bonds. The second-order valence-corrected chi connectivity index (χ2v) is 7.45. The minimum absolute atomic E-state index is 0.341. The second kappa shape index (κ2) is 7.26. The number of aromatic nitrogens is 4. The van der Waals surface area contributed by atoms with Crippen LogP contribution in [0.25, 0.3) is 11.2 Å². The van der Waals surface area contributed by atoms with Gasteiger partial charge in [0.15, 0.2) is 17.0 Å². The number of hydrogen-bond donors (Lipinski definition) is 5. The molecule has 28 heavy (non-hydrogen) atoms. The van der Waals surface area contributed by atoms with Gasteiger partial charge in [0.2, 0.25) is 0 Å². The fourth-order valence-corrected chi connectivity index (χ4v) is 4.17. The van der Waals surface area contributed by atoms with Crippen molar-refractivity contribution in [2.24, 2.45) is 11.8 Å². The maximum absolute atomic E-state index is 10.8. The van der Waals surface area contributed by atoms with Crippen LogP contribution in [0.4, 0.5) is 5.82 Å². The first-order chi connectivity index (χ1) is 13.4. The van der Waals surface area contributed by atoms with Crippen LogP contribution in [0.1, 0.15) is 30.0 Å². The topological polar surface area (TPSA) is 142 Å². The van der Waals surface area contributed by atoms with Gasteiger partial charge in [0.05, 0.1) is 18.2 Å². The standard InChI is InChI=1S/C18H21ClN6O3/c1-8-23-13-17(24-20)21-7-22-18(13)25(8)12-6-11(15(27)16(12)28)14(26)9-2-4-10(19)5-3-9/h2-5,7,11-12,14-16,26-28H,6,20H2,1H3,(H,21,22,24)/t11-,12-,14?,15-,16+/m1/s1. The summed E-state index contributed by atoms with van der Waals surface area (Å²) in [4.78, 5) is 12.8. The molecular weight excluding hydrogens is 384 g/mol. The Bertz CT molecular complexity index is 995. The third kappa shape index (κ3) is 3.01. The summed E-state index contributed by atoms with van der Waals surface area (Å²) in [7, 11) is 0. The SMILES string of the molecule is Cc1nc2c(NN)ncnc2n1[C@@H]1C[C@H](C(O)c2ccc(Cl)cc2)[C@@H](O)[C@H]1O. The van der Waals surface area contributed by atoms with Crippen LogP contribution >= 0.6 is 11.6 Å². The maximum Gasteiger partial charge on any atom is 0.171 e. The number of nitrogen functional groups attached to an aromatic ring is 1. The van der Waals surface area contributed by atoms with Crippen molar-refractivity contribution in [2.45, 2.75) is 37.7 Å². The van der Waals surface area contributed by atoms with Crippen molar-refractivity contribution in [3.63, 3.8) is 0 Å². The number of imidazole rings is 1. The Morgan fingerprint density at radius 1 is 1.21 bits per heavy atom. The van der Waals surface area contributed by atoms with E-state index in [1.165, 1.54) is 6.33 Å². The highest BCUT2D eigenvalue weighted by Gasteiger charge is 2.46. The fourth-order valence-electron chi connectivity index (χ4n) is 4.04. The number of halogens is 1. The number of rotatable bonds is 4. The summed E-state index contributed by atoms with van der Waals surface area (Å²) in [5, 5.41) is 32.7. The summed E-state index contributed by atoms with van der Waals surface area (Å²) < 4.78 is 1.76. The Morgan fingerprint density at radius 3 is 2.61 bits per heavy atom. The fraction of sp³-hybridized carbons (Fsp3) is 0.389. The van der Waals surface area contributed by atoms with E-state index < -0.39 is 30.3 Å². The van der Waals surface area contributed by atoms with Gasteiger partial charge in [0, 0.05) is 10.9 Å². The molecule has 4 rings (SSSR count). The Morgan fingerprint density at radius 2 is 1.93 bits per heavy atom. The number of anilines is 1. The van der Waals surface area contributed by atoms with E-state index >= 15 is 0 Å². The number of nitrogens with zero attached hydrogens (tertiary/aromatic N) is 4. The van der Waals surface area contributed by atoms with Gasteiger partial charge in [-0.05, 0) is 31.0 Å². The number of aliphatic hydroxyl groups is 3. The summed E-state index contributed by atoms with van der Waals surface area (Å²) in [6, 6.07) is 6.28. The summed E-state index contributed by atoms with van der Waals surface area (Å²) in [5.74, 6) is 5.91. The van der Waals surface area contributed by atoms with Gasteiger partial charge in [-0.25, -0.2) is 20.8 Å². The van der Waals surface area contributed by atoms with Crippen LogP contribution in [-0.2, 0) is 0 Å². The molecule has 2 heterocycles. The number of nitrogens with two attached hydrogens (primary N) is 1. The molecular formula is C18H21ClN6O3. The Balaban J connectivity index is 1.70. The van der Waals surface area contributed by atoms with E-state index in [0.717, 1.165) is 0 Å². The van der Waals surface area contributed by atoms with Crippen molar-refractivity contribution in [3.05, 3.63) is 47.0 Å². The van der Waals surface area contributed by atoms with Gasteiger partial charge in [-0.3, -0.25) is 0 Å². The predicted molar refractivity (Wildman–Crippen MR) is 103 cm³/mol. The van der Waals surface area contributed by atoms with Gasteiger partial charge in [-0.1, -0.05) is 23.7 Å². The van der Waals surface area contributed by atoms with Gasteiger partial charge in [-0.15, -0.1) is 0 Å². The van der Waals surface area contributed by atoms with Gasteiger partial charge >= 0.3 is 0 Å². The Kier molecular flexibility index (Phi) is 4.94. The number of hydrazine groups is 1. The van der Waals surface area contributed by atoms with Gasteiger partial charge in [0.1, 0.15) is 18.3 Å². The molecule has 2 aromatic heterocycles. The molecule has 1 aromatic carbocycles. The van der Waals surface area contributed by atoms with Crippen LogP contribution in [-0.4, -0.2) is 47.0 Å². The minimum Gasteiger partial charge on any atom is -0.390 e. The zero-order chi connectivity index (χ0) is 20.0. The minimum atomic E-state index is -1.11. The van der Waals surface area contributed by atoms with E-state index in [1.807, 2.05) is 0 Å². The van der Waals surface area contributed by atoms with Gasteiger partial charge in [0.25, 0.3) is 0 Å². The number of fused-ring (bicyclic) bond motifs is 1. The molecule has 5 atom stereocenters.